The summed E-state index contributed by atoms with van der Waals surface area (Å²) in [5, 5.41) is 0.663. The first-order chi connectivity index (χ1) is 14.0. The van der Waals surface area contributed by atoms with Gasteiger partial charge < -0.3 is 9.47 Å². The van der Waals surface area contributed by atoms with E-state index in [1.165, 1.54) is 0 Å². The Morgan fingerprint density at radius 3 is 2.48 bits per heavy atom. The number of ether oxygens (including phenoxy) is 2. The second kappa shape index (κ2) is 10.3. The molecule has 0 saturated heterocycles. The minimum atomic E-state index is 0.446. The van der Waals surface area contributed by atoms with Gasteiger partial charge in [0, 0.05) is 15.7 Å². The molecule has 0 aromatic heterocycles. The Balaban J connectivity index is 1.84. The van der Waals surface area contributed by atoms with Crippen LogP contribution in [0, 0.1) is 6.92 Å². The van der Waals surface area contributed by atoms with Crippen LogP contribution in [-0.4, -0.2) is 12.8 Å². The third kappa shape index (κ3) is 6.08. The van der Waals surface area contributed by atoms with Crippen molar-refractivity contribution in [1.29, 1.82) is 0 Å². The smallest absolute Gasteiger partial charge is 0.175 e. The molecule has 0 N–H and O–H groups in total. The predicted molar refractivity (Wildman–Crippen MR) is 127 cm³/mol. The first-order valence-electron chi connectivity index (χ1n) is 9.10. The summed E-state index contributed by atoms with van der Waals surface area (Å²) in [7, 11) is 0. The standard InChI is InChI=1S/C23H20Br2ClNO2/c1-3-28-22-11-17(13-27-21-12-19(26)9-4-15(21)2)10-20(25)23(22)29-14-16-5-7-18(24)8-6-16/h4-13H,3,14H2,1-2H3. The van der Waals surface area contributed by atoms with Crippen molar-refractivity contribution >= 4 is 55.4 Å². The van der Waals surface area contributed by atoms with Crippen LogP contribution in [0.3, 0.4) is 0 Å². The van der Waals surface area contributed by atoms with Crippen LogP contribution < -0.4 is 9.47 Å². The summed E-state index contributed by atoms with van der Waals surface area (Å²) in [6, 6.07) is 17.6. The van der Waals surface area contributed by atoms with Gasteiger partial charge >= 0.3 is 0 Å². The van der Waals surface area contributed by atoms with Crippen molar-refractivity contribution in [1.82, 2.24) is 0 Å². The first kappa shape index (κ1) is 21.9. The molecule has 0 fully saturated rings. The van der Waals surface area contributed by atoms with Crippen molar-refractivity contribution < 1.29 is 9.47 Å². The van der Waals surface area contributed by atoms with Gasteiger partial charge in [0.05, 0.1) is 16.8 Å². The van der Waals surface area contributed by atoms with Crippen molar-refractivity contribution in [2.24, 2.45) is 4.99 Å². The van der Waals surface area contributed by atoms with Gasteiger partial charge in [0.15, 0.2) is 11.5 Å². The highest BCUT2D eigenvalue weighted by Gasteiger charge is 2.12. The van der Waals surface area contributed by atoms with E-state index in [0.717, 1.165) is 31.3 Å². The molecule has 0 saturated carbocycles. The molecule has 0 radical (unpaired) electrons. The molecule has 0 bridgehead atoms. The van der Waals surface area contributed by atoms with Gasteiger partial charge in [0.25, 0.3) is 0 Å². The van der Waals surface area contributed by atoms with E-state index in [1.807, 2.05) is 68.4 Å². The molecule has 150 valence electrons. The second-order valence-corrected chi connectivity index (χ2v) is 8.57. The Hall–Kier alpha value is -1.82. The van der Waals surface area contributed by atoms with Crippen LogP contribution in [0.4, 0.5) is 5.69 Å². The highest BCUT2D eigenvalue weighted by molar-refractivity contribution is 9.10. The predicted octanol–water partition coefficient (Wildman–Crippen LogP) is 7.90. The summed E-state index contributed by atoms with van der Waals surface area (Å²) in [6.45, 7) is 4.93. The largest absolute Gasteiger partial charge is 0.490 e. The SMILES string of the molecule is CCOc1cc(C=Nc2cc(Cl)ccc2C)cc(Br)c1OCc1ccc(Br)cc1. The molecule has 0 aliphatic heterocycles. The number of halogens is 3. The van der Waals surface area contributed by atoms with Crippen molar-refractivity contribution in [2.45, 2.75) is 20.5 Å². The van der Waals surface area contributed by atoms with E-state index in [1.54, 1.807) is 6.21 Å². The van der Waals surface area contributed by atoms with E-state index in [2.05, 4.69) is 36.9 Å². The van der Waals surface area contributed by atoms with E-state index in [4.69, 9.17) is 21.1 Å². The third-order valence-electron chi connectivity index (χ3n) is 4.15. The quantitative estimate of drug-likeness (QED) is 0.287. The zero-order chi connectivity index (χ0) is 20.8. The van der Waals surface area contributed by atoms with Crippen LogP contribution in [0.15, 0.2) is 68.5 Å². The number of hydrogen-bond acceptors (Lipinski definition) is 3. The Bertz CT molecular complexity index is 1020. The van der Waals surface area contributed by atoms with E-state index < -0.39 is 0 Å². The summed E-state index contributed by atoms with van der Waals surface area (Å²) in [5.41, 5.74) is 3.87. The van der Waals surface area contributed by atoms with Gasteiger partial charge in [0.1, 0.15) is 6.61 Å². The van der Waals surface area contributed by atoms with Crippen LogP contribution >= 0.6 is 43.5 Å². The van der Waals surface area contributed by atoms with Gasteiger partial charge in [0.2, 0.25) is 0 Å². The average molecular weight is 538 g/mol. The van der Waals surface area contributed by atoms with Crippen LogP contribution in [0.5, 0.6) is 11.5 Å². The van der Waals surface area contributed by atoms with E-state index >= 15 is 0 Å². The monoisotopic (exact) mass is 535 g/mol. The molecule has 6 heteroatoms. The second-order valence-electron chi connectivity index (χ2n) is 6.37. The van der Waals surface area contributed by atoms with Gasteiger partial charge in [-0.15, -0.1) is 0 Å². The van der Waals surface area contributed by atoms with Gasteiger partial charge in [-0.3, -0.25) is 4.99 Å². The Morgan fingerprint density at radius 2 is 1.76 bits per heavy atom. The normalized spacial score (nSPS) is 11.1. The lowest BCUT2D eigenvalue weighted by molar-refractivity contribution is 0.267. The lowest BCUT2D eigenvalue weighted by Crippen LogP contribution is -2.01. The molecule has 3 aromatic carbocycles. The number of aliphatic imine (C=N–C) groups is 1. The summed E-state index contributed by atoms with van der Waals surface area (Å²) >= 11 is 13.1. The fraction of sp³-hybridized carbons (Fsp3) is 0.174. The lowest BCUT2D eigenvalue weighted by Gasteiger charge is -2.15. The van der Waals surface area contributed by atoms with Crippen molar-refractivity contribution in [3.63, 3.8) is 0 Å². The number of hydrogen-bond donors (Lipinski definition) is 0. The van der Waals surface area contributed by atoms with Crippen LogP contribution in [-0.2, 0) is 6.61 Å². The summed E-state index contributed by atoms with van der Waals surface area (Å²) in [4.78, 5) is 4.58. The molecule has 0 aliphatic rings. The molecule has 29 heavy (non-hydrogen) atoms. The Morgan fingerprint density at radius 1 is 1.00 bits per heavy atom. The maximum Gasteiger partial charge on any atom is 0.175 e. The zero-order valence-corrected chi connectivity index (χ0v) is 20.0. The minimum Gasteiger partial charge on any atom is -0.490 e. The highest BCUT2D eigenvalue weighted by atomic mass is 79.9. The molecular formula is C23H20Br2ClNO2. The number of rotatable bonds is 7. The molecule has 0 atom stereocenters. The maximum atomic E-state index is 6.08. The number of benzene rings is 3. The lowest BCUT2D eigenvalue weighted by atomic mass is 10.2. The van der Waals surface area contributed by atoms with Gasteiger partial charge in [-0.05, 0) is 82.9 Å². The molecule has 3 rings (SSSR count). The topological polar surface area (TPSA) is 30.8 Å². The van der Waals surface area contributed by atoms with Crippen molar-refractivity contribution in [2.75, 3.05) is 6.61 Å². The average Bonchev–Trinajstić information content (AvgIpc) is 2.69. The van der Waals surface area contributed by atoms with Gasteiger partial charge in [-0.2, -0.15) is 0 Å². The number of nitrogens with zero attached hydrogens (tertiary/aromatic N) is 1. The Labute approximate surface area is 193 Å². The van der Waals surface area contributed by atoms with Gasteiger partial charge in [-0.25, -0.2) is 0 Å². The summed E-state index contributed by atoms with van der Waals surface area (Å²) < 4.78 is 13.7. The Kier molecular flexibility index (Phi) is 7.76. The molecular weight excluding hydrogens is 518 g/mol. The fourth-order valence-electron chi connectivity index (χ4n) is 2.67. The van der Waals surface area contributed by atoms with Crippen LogP contribution in [0.1, 0.15) is 23.6 Å². The highest BCUT2D eigenvalue weighted by Crippen LogP contribution is 2.37. The molecule has 0 unspecified atom stereocenters. The van der Waals surface area contributed by atoms with Crippen molar-refractivity contribution in [3.8, 4) is 11.5 Å². The fourth-order valence-corrected chi connectivity index (χ4v) is 3.67. The van der Waals surface area contributed by atoms with E-state index in [-0.39, 0.29) is 0 Å². The maximum absolute atomic E-state index is 6.08. The van der Waals surface area contributed by atoms with Crippen LogP contribution in [0.2, 0.25) is 5.02 Å². The molecule has 0 aliphatic carbocycles. The zero-order valence-electron chi connectivity index (χ0n) is 16.1. The molecule has 3 nitrogen and oxygen atoms in total. The molecule has 3 aromatic rings. The minimum absolute atomic E-state index is 0.446. The van der Waals surface area contributed by atoms with Crippen molar-refractivity contribution in [3.05, 3.63) is 85.3 Å². The number of aryl methyl sites for hydroxylation is 1. The van der Waals surface area contributed by atoms with Gasteiger partial charge in [-0.1, -0.05) is 45.7 Å². The first-order valence-corrected chi connectivity index (χ1v) is 11.1. The molecule has 0 heterocycles. The third-order valence-corrected chi connectivity index (χ3v) is 5.50. The summed E-state index contributed by atoms with van der Waals surface area (Å²) in [5.74, 6) is 1.34. The summed E-state index contributed by atoms with van der Waals surface area (Å²) in [6.07, 6.45) is 1.80. The molecule has 0 amide bonds. The van der Waals surface area contributed by atoms with Crippen LogP contribution in [0.25, 0.3) is 0 Å². The molecule has 0 spiro atoms. The van der Waals surface area contributed by atoms with E-state index in [0.29, 0.717) is 29.7 Å². The van der Waals surface area contributed by atoms with E-state index in [9.17, 15) is 0 Å².